The first-order valence-corrected chi connectivity index (χ1v) is 8.38. The second-order valence-corrected chi connectivity index (χ2v) is 6.54. The fourth-order valence-corrected chi connectivity index (χ4v) is 3.50. The maximum absolute atomic E-state index is 12.9. The van der Waals surface area contributed by atoms with Crippen molar-refractivity contribution in [3.63, 3.8) is 0 Å². The minimum Gasteiger partial charge on any atom is -0.481 e. The van der Waals surface area contributed by atoms with Crippen LogP contribution in [0, 0.1) is 5.41 Å². The number of fused-ring (bicyclic) bond motifs is 1. The first kappa shape index (κ1) is 17.3. The highest BCUT2D eigenvalue weighted by Gasteiger charge is 2.43. The van der Waals surface area contributed by atoms with Crippen molar-refractivity contribution in [3.8, 4) is 0 Å². The summed E-state index contributed by atoms with van der Waals surface area (Å²) in [7, 11) is 1.60. The molecule has 0 bridgehead atoms. The number of carboxylic acid groups (broad SMARTS) is 1. The molecule has 0 spiro atoms. The van der Waals surface area contributed by atoms with Gasteiger partial charge in [0, 0.05) is 32.4 Å². The number of aliphatic carboxylic acids is 1. The predicted molar refractivity (Wildman–Crippen MR) is 90.2 cm³/mol. The van der Waals surface area contributed by atoms with Crippen molar-refractivity contribution in [3.05, 3.63) is 23.8 Å². The molecular weight excluding hydrogens is 324 g/mol. The van der Waals surface area contributed by atoms with Crippen LogP contribution in [0.25, 0.3) is 11.0 Å². The van der Waals surface area contributed by atoms with Crippen molar-refractivity contribution in [2.75, 3.05) is 26.8 Å². The maximum atomic E-state index is 12.9. The lowest BCUT2D eigenvalue weighted by molar-refractivity contribution is -0.152. The summed E-state index contributed by atoms with van der Waals surface area (Å²) in [5.41, 5.74) is 0.909. The molecule has 0 aliphatic carbocycles. The lowest BCUT2D eigenvalue weighted by Gasteiger charge is -2.40. The molecule has 1 amide bonds. The van der Waals surface area contributed by atoms with Gasteiger partial charge in [-0.2, -0.15) is 15.4 Å². The number of rotatable bonds is 6. The van der Waals surface area contributed by atoms with Crippen LogP contribution >= 0.6 is 0 Å². The lowest BCUT2D eigenvalue weighted by atomic mass is 9.76. The number of carbonyl (C=O) groups excluding carboxylic acids is 1. The van der Waals surface area contributed by atoms with Crippen LogP contribution in [-0.4, -0.2) is 64.1 Å². The van der Waals surface area contributed by atoms with E-state index in [1.807, 2.05) is 0 Å². The molecule has 8 heteroatoms. The molecule has 0 radical (unpaired) electrons. The molecule has 1 aliphatic rings. The van der Waals surface area contributed by atoms with Gasteiger partial charge in [-0.25, -0.2) is 0 Å². The molecule has 1 atom stereocenters. The Balaban J connectivity index is 1.78. The zero-order valence-electron chi connectivity index (χ0n) is 14.2. The zero-order valence-corrected chi connectivity index (χ0v) is 14.2. The molecule has 8 nitrogen and oxygen atoms in total. The van der Waals surface area contributed by atoms with Crippen molar-refractivity contribution in [1.82, 2.24) is 20.3 Å². The highest BCUT2D eigenvalue weighted by atomic mass is 16.5. The second kappa shape index (κ2) is 7.18. The van der Waals surface area contributed by atoms with Crippen molar-refractivity contribution >= 4 is 22.9 Å². The normalized spacial score (nSPS) is 20.8. The molecule has 1 saturated heterocycles. The summed E-state index contributed by atoms with van der Waals surface area (Å²) in [6.07, 6.45) is 2.42. The monoisotopic (exact) mass is 346 g/mol. The van der Waals surface area contributed by atoms with Gasteiger partial charge in [-0.15, -0.1) is 0 Å². The SMILES string of the molecule is COCCCC1(C(=O)O)CCCN(C(=O)c2ccc3n[nH]nc3c2)C1. The highest BCUT2D eigenvalue weighted by Crippen LogP contribution is 2.35. The average molecular weight is 346 g/mol. The van der Waals surface area contributed by atoms with Crippen molar-refractivity contribution in [2.24, 2.45) is 5.41 Å². The van der Waals surface area contributed by atoms with Gasteiger partial charge < -0.3 is 14.7 Å². The fraction of sp³-hybridized carbons (Fsp3) is 0.529. The Morgan fingerprint density at radius 3 is 2.92 bits per heavy atom. The van der Waals surface area contributed by atoms with Gasteiger partial charge in [0.15, 0.2) is 0 Å². The molecule has 1 unspecified atom stereocenters. The van der Waals surface area contributed by atoms with Crippen LogP contribution in [0.15, 0.2) is 18.2 Å². The van der Waals surface area contributed by atoms with Gasteiger partial charge in [0.1, 0.15) is 11.0 Å². The van der Waals surface area contributed by atoms with Gasteiger partial charge in [-0.3, -0.25) is 9.59 Å². The number of methoxy groups -OCH3 is 1. The third-order valence-electron chi connectivity index (χ3n) is 4.88. The van der Waals surface area contributed by atoms with Crippen molar-refractivity contribution < 1.29 is 19.4 Å². The van der Waals surface area contributed by atoms with E-state index in [4.69, 9.17) is 4.74 Å². The van der Waals surface area contributed by atoms with Crippen LogP contribution in [0.5, 0.6) is 0 Å². The largest absolute Gasteiger partial charge is 0.481 e. The third kappa shape index (κ3) is 3.48. The van der Waals surface area contributed by atoms with E-state index in [1.54, 1.807) is 30.2 Å². The van der Waals surface area contributed by atoms with E-state index >= 15 is 0 Å². The number of ether oxygens (including phenoxy) is 1. The van der Waals surface area contributed by atoms with Gasteiger partial charge in [0.05, 0.1) is 5.41 Å². The Hall–Kier alpha value is -2.48. The van der Waals surface area contributed by atoms with Crippen LogP contribution in [0.1, 0.15) is 36.0 Å². The third-order valence-corrected chi connectivity index (χ3v) is 4.88. The number of H-pyrrole nitrogens is 1. The van der Waals surface area contributed by atoms with E-state index in [0.29, 0.717) is 55.4 Å². The molecule has 1 aliphatic heterocycles. The molecule has 1 fully saturated rings. The number of carboxylic acids is 1. The van der Waals surface area contributed by atoms with Gasteiger partial charge >= 0.3 is 5.97 Å². The summed E-state index contributed by atoms with van der Waals surface area (Å²) >= 11 is 0. The number of nitrogens with zero attached hydrogens (tertiary/aromatic N) is 3. The van der Waals surface area contributed by atoms with E-state index in [2.05, 4.69) is 15.4 Å². The predicted octanol–water partition coefficient (Wildman–Crippen LogP) is 1.69. The molecule has 0 saturated carbocycles. The van der Waals surface area contributed by atoms with E-state index in [-0.39, 0.29) is 12.5 Å². The van der Waals surface area contributed by atoms with Gasteiger partial charge in [-0.05, 0) is 43.9 Å². The maximum Gasteiger partial charge on any atom is 0.311 e. The molecule has 2 heterocycles. The van der Waals surface area contributed by atoms with Crippen LogP contribution in [-0.2, 0) is 9.53 Å². The summed E-state index contributed by atoms with van der Waals surface area (Å²) in [6, 6.07) is 5.12. The number of carbonyl (C=O) groups is 2. The van der Waals surface area contributed by atoms with E-state index in [1.165, 1.54) is 0 Å². The Labute approximate surface area is 145 Å². The van der Waals surface area contributed by atoms with Crippen molar-refractivity contribution in [1.29, 1.82) is 0 Å². The molecule has 1 aromatic carbocycles. The van der Waals surface area contributed by atoms with E-state index < -0.39 is 11.4 Å². The summed E-state index contributed by atoms with van der Waals surface area (Å²) in [5.74, 6) is -1.00. The molecule has 3 rings (SSSR count). The summed E-state index contributed by atoms with van der Waals surface area (Å²) in [5, 5.41) is 20.3. The van der Waals surface area contributed by atoms with Crippen LogP contribution in [0.3, 0.4) is 0 Å². The number of piperidine rings is 1. The quantitative estimate of drug-likeness (QED) is 0.771. The number of likely N-dealkylation sites (tertiary alicyclic amines) is 1. The van der Waals surface area contributed by atoms with E-state index in [0.717, 1.165) is 0 Å². The van der Waals surface area contributed by atoms with Crippen molar-refractivity contribution in [2.45, 2.75) is 25.7 Å². The first-order valence-electron chi connectivity index (χ1n) is 8.38. The Morgan fingerprint density at radius 2 is 2.16 bits per heavy atom. The molecular formula is C17H22N4O4. The van der Waals surface area contributed by atoms with E-state index in [9.17, 15) is 14.7 Å². The number of benzene rings is 1. The topological polar surface area (TPSA) is 108 Å². The number of hydrogen-bond acceptors (Lipinski definition) is 5. The van der Waals surface area contributed by atoms with Crippen LogP contribution in [0.2, 0.25) is 0 Å². The molecule has 25 heavy (non-hydrogen) atoms. The minimum absolute atomic E-state index is 0.165. The molecule has 2 N–H and O–H groups in total. The Kier molecular flexibility index (Phi) is 4.98. The standard InChI is InChI=1S/C17H22N4O4/c1-25-9-3-7-17(16(23)24)6-2-8-21(11-17)15(22)12-4-5-13-14(10-12)19-20-18-13/h4-5,10H,2-3,6-9,11H2,1H3,(H,23,24)(H,18,19,20). The fourth-order valence-electron chi connectivity index (χ4n) is 3.50. The van der Waals surface area contributed by atoms with Gasteiger partial charge in [-0.1, -0.05) is 0 Å². The molecule has 134 valence electrons. The smallest absolute Gasteiger partial charge is 0.311 e. The number of aromatic amines is 1. The minimum atomic E-state index is -0.898. The van der Waals surface area contributed by atoms with Crippen LogP contribution < -0.4 is 0 Å². The Bertz CT molecular complexity index is 775. The molecule has 2 aromatic rings. The van der Waals surface area contributed by atoms with Gasteiger partial charge in [0.25, 0.3) is 5.91 Å². The lowest BCUT2D eigenvalue weighted by Crippen LogP contribution is -2.50. The number of hydrogen-bond donors (Lipinski definition) is 2. The Morgan fingerprint density at radius 1 is 1.36 bits per heavy atom. The summed E-state index contributed by atoms with van der Waals surface area (Å²) in [4.78, 5) is 26.4. The first-order chi connectivity index (χ1) is 12.1. The van der Waals surface area contributed by atoms with Crippen LogP contribution in [0.4, 0.5) is 0 Å². The summed E-state index contributed by atoms with van der Waals surface area (Å²) in [6.45, 7) is 1.31. The molecule has 1 aromatic heterocycles. The second-order valence-electron chi connectivity index (χ2n) is 6.54. The average Bonchev–Trinajstić information content (AvgIpc) is 3.09. The van der Waals surface area contributed by atoms with Gasteiger partial charge in [0.2, 0.25) is 0 Å². The summed E-state index contributed by atoms with van der Waals surface area (Å²) < 4.78 is 5.05. The zero-order chi connectivity index (χ0) is 17.9. The number of amides is 1. The number of nitrogens with one attached hydrogen (secondary N) is 1. The highest BCUT2D eigenvalue weighted by molar-refractivity contribution is 5.97. The number of aromatic nitrogens is 3.